The normalized spacial score (nSPS) is 17.9. The standard InChI is InChI=1S/C22H28N2O3/c1-17(14-19-10-6-7-11-20(19)26-2)24(16-18-8-4-3-5-9-18)22(25)21-15-23-12-13-27-21/h3-11,17,21,23H,12-16H2,1-2H3. The fourth-order valence-corrected chi connectivity index (χ4v) is 3.44. The van der Waals surface area contributed by atoms with E-state index in [9.17, 15) is 4.79 Å². The number of carbonyl (C=O) groups excluding carboxylic acids is 1. The number of methoxy groups -OCH3 is 1. The van der Waals surface area contributed by atoms with E-state index in [4.69, 9.17) is 9.47 Å². The van der Waals surface area contributed by atoms with Gasteiger partial charge >= 0.3 is 0 Å². The largest absolute Gasteiger partial charge is 0.496 e. The third-order valence-corrected chi connectivity index (χ3v) is 4.92. The van der Waals surface area contributed by atoms with Gasteiger partial charge in [0.1, 0.15) is 11.9 Å². The molecule has 2 atom stereocenters. The fourth-order valence-electron chi connectivity index (χ4n) is 3.44. The minimum absolute atomic E-state index is 0.0135. The van der Waals surface area contributed by atoms with Crippen LogP contribution in [0.15, 0.2) is 54.6 Å². The molecule has 2 aromatic carbocycles. The second kappa shape index (κ2) is 9.53. The van der Waals surface area contributed by atoms with Crippen molar-refractivity contribution >= 4 is 5.91 Å². The highest BCUT2D eigenvalue weighted by Crippen LogP contribution is 2.22. The highest BCUT2D eigenvalue weighted by atomic mass is 16.5. The van der Waals surface area contributed by atoms with Crippen LogP contribution in [0, 0.1) is 0 Å². The lowest BCUT2D eigenvalue weighted by Gasteiger charge is -2.34. The monoisotopic (exact) mass is 368 g/mol. The lowest BCUT2D eigenvalue weighted by atomic mass is 10.0. The first-order chi connectivity index (χ1) is 13.2. The summed E-state index contributed by atoms with van der Waals surface area (Å²) in [4.78, 5) is 15.1. The van der Waals surface area contributed by atoms with Gasteiger partial charge in [-0.2, -0.15) is 0 Å². The molecule has 1 heterocycles. The fraction of sp³-hybridized carbons (Fsp3) is 0.409. The smallest absolute Gasteiger partial charge is 0.253 e. The van der Waals surface area contributed by atoms with Crippen LogP contribution >= 0.6 is 0 Å². The number of nitrogens with zero attached hydrogens (tertiary/aromatic N) is 1. The zero-order chi connectivity index (χ0) is 19.1. The van der Waals surface area contributed by atoms with Crippen molar-refractivity contribution in [1.82, 2.24) is 10.2 Å². The lowest BCUT2D eigenvalue weighted by molar-refractivity contribution is -0.148. The average Bonchev–Trinajstić information content (AvgIpc) is 2.73. The number of amides is 1. The van der Waals surface area contributed by atoms with Gasteiger partial charge in [-0.05, 0) is 30.5 Å². The molecule has 0 aliphatic carbocycles. The zero-order valence-corrected chi connectivity index (χ0v) is 16.1. The van der Waals surface area contributed by atoms with E-state index in [1.165, 1.54) is 0 Å². The highest BCUT2D eigenvalue weighted by molar-refractivity contribution is 5.81. The number of ether oxygens (including phenoxy) is 2. The van der Waals surface area contributed by atoms with E-state index in [2.05, 4.69) is 30.4 Å². The molecular weight excluding hydrogens is 340 g/mol. The minimum atomic E-state index is -0.428. The van der Waals surface area contributed by atoms with Gasteiger partial charge < -0.3 is 19.7 Å². The van der Waals surface area contributed by atoms with Gasteiger partial charge in [0.15, 0.2) is 0 Å². The first kappa shape index (κ1) is 19.4. The van der Waals surface area contributed by atoms with Gasteiger partial charge in [0.25, 0.3) is 5.91 Å². The van der Waals surface area contributed by atoms with Crippen molar-refractivity contribution in [2.45, 2.75) is 32.0 Å². The van der Waals surface area contributed by atoms with Crippen LogP contribution in [0.5, 0.6) is 5.75 Å². The van der Waals surface area contributed by atoms with Crippen molar-refractivity contribution in [3.05, 3.63) is 65.7 Å². The second-order valence-corrected chi connectivity index (χ2v) is 6.88. The van der Waals surface area contributed by atoms with Crippen LogP contribution in [-0.4, -0.2) is 49.8 Å². The van der Waals surface area contributed by atoms with Crippen molar-refractivity contribution in [2.75, 3.05) is 26.8 Å². The van der Waals surface area contributed by atoms with Crippen molar-refractivity contribution in [2.24, 2.45) is 0 Å². The van der Waals surface area contributed by atoms with Gasteiger partial charge in [-0.15, -0.1) is 0 Å². The number of nitrogens with one attached hydrogen (secondary N) is 1. The summed E-state index contributed by atoms with van der Waals surface area (Å²) in [6, 6.07) is 18.1. The molecule has 0 bridgehead atoms. The molecule has 144 valence electrons. The predicted octanol–water partition coefficient (Wildman–Crippen LogP) is 2.64. The van der Waals surface area contributed by atoms with E-state index in [-0.39, 0.29) is 11.9 Å². The van der Waals surface area contributed by atoms with Gasteiger partial charge in [0, 0.05) is 25.7 Å². The molecule has 2 aromatic rings. The lowest BCUT2D eigenvalue weighted by Crippen LogP contribution is -2.51. The Hall–Kier alpha value is -2.37. The molecular formula is C22H28N2O3. The summed E-state index contributed by atoms with van der Waals surface area (Å²) in [5.41, 5.74) is 2.21. The third kappa shape index (κ3) is 5.08. The van der Waals surface area contributed by atoms with Crippen molar-refractivity contribution in [3.8, 4) is 5.75 Å². The van der Waals surface area contributed by atoms with Gasteiger partial charge in [-0.1, -0.05) is 48.5 Å². The second-order valence-electron chi connectivity index (χ2n) is 6.88. The molecule has 1 fully saturated rings. The molecule has 1 aliphatic rings. The van der Waals surface area contributed by atoms with E-state index in [1.54, 1.807) is 7.11 Å². The van der Waals surface area contributed by atoms with Crippen LogP contribution in [0.25, 0.3) is 0 Å². The number of para-hydroxylation sites is 1. The highest BCUT2D eigenvalue weighted by Gasteiger charge is 2.30. The maximum atomic E-state index is 13.2. The Morgan fingerprint density at radius 1 is 1.22 bits per heavy atom. The Kier molecular flexibility index (Phi) is 6.85. The molecule has 1 amide bonds. The quantitative estimate of drug-likeness (QED) is 0.816. The van der Waals surface area contributed by atoms with Crippen molar-refractivity contribution in [1.29, 1.82) is 0 Å². The van der Waals surface area contributed by atoms with Gasteiger partial charge in [-0.25, -0.2) is 0 Å². The minimum Gasteiger partial charge on any atom is -0.496 e. The Bertz CT molecular complexity index is 729. The van der Waals surface area contributed by atoms with Gasteiger partial charge in [-0.3, -0.25) is 4.79 Å². The molecule has 0 radical (unpaired) electrons. The topological polar surface area (TPSA) is 50.8 Å². The summed E-state index contributed by atoms with van der Waals surface area (Å²) < 4.78 is 11.2. The van der Waals surface area contributed by atoms with Gasteiger partial charge in [0.05, 0.1) is 13.7 Å². The van der Waals surface area contributed by atoms with Crippen LogP contribution in [0.2, 0.25) is 0 Å². The average molecular weight is 368 g/mol. The van der Waals surface area contributed by atoms with Crippen molar-refractivity contribution in [3.63, 3.8) is 0 Å². The summed E-state index contributed by atoms with van der Waals surface area (Å²) in [7, 11) is 1.68. The predicted molar refractivity (Wildman–Crippen MR) is 106 cm³/mol. The zero-order valence-electron chi connectivity index (χ0n) is 16.1. The van der Waals surface area contributed by atoms with E-state index in [0.717, 1.165) is 29.8 Å². The Balaban J connectivity index is 1.80. The third-order valence-electron chi connectivity index (χ3n) is 4.92. The summed E-state index contributed by atoms with van der Waals surface area (Å²) in [6.07, 6.45) is 0.297. The molecule has 0 spiro atoms. The molecule has 0 saturated carbocycles. The summed E-state index contributed by atoms with van der Waals surface area (Å²) >= 11 is 0. The maximum absolute atomic E-state index is 13.2. The number of benzene rings is 2. The van der Waals surface area contributed by atoms with Crippen LogP contribution in [0.3, 0.4) is 0 Å². The van der Waals surface area contributed by atoms with Crippen molar-refractivity contribution < 1.29 is 14.3 Å². The maximum Gasteiger partial charge on any atom is 0.253 e. The van der Waals surface area contributed by atoms with Crippen LogP contribution < -0.4 is 10.1 Å². The number of morpholine rings is 1. The SMILES string of the molecule is COc1ccccc1CC(C)N(Cc1ccccc1)C(=O)C1CNCCO1. The molecule has 5 nitrogen and oxygen atoms in total. The molecule has 1 saturated heterocycles. The molecule has 5 heteroatoms. The number of rotatable bonds is 7. The molecule has 1 aliphatic heterocycles. The van der Waals surface area contributed by atoms with Crippen LogP contribution in [-0.2, 0) is 22.5 Å². The van der Waals surface area contributed by atoms with Crippen LogP contribution in [0.1, 0.15) is 18.1 Å². The molecule has 3 rings (SSSR count). The Morgan fingerprint density at radius 3 is 2.67 bits per heavy atom. The number of hydrogen-bond donors (Lipinski definition) is 1. The molecule has 27 heavy (non-hydrogen) atoms. The Labute approximate surface area is 161 Å². The molecule has 2 unspecified atom stereocenters. The molecule has 1 N–H and O–H groups in total. The Morgan fingerprint density at radius 2 is 1.96 bits per heavy atom. The van der Waals surface area contributed by atoms with E-state index in [0.29, 0.717) is 19.7 Å². The molecule has 0 aromatic heterocycles. The summed E-state index contributed by atoms with van der Waals surface area (Å²) in [6.45, 7) is 4.57. The number of carbonyl (C=O) groups is 1. The van der Waals surface area contributed by atoms with Gasteiger partial charge in [0.2, 0.25) is 0 Å². The number of hydrogen-bond acceptors (Lipinski definition) is 4. The summed E-state index contributed by atoms with van der Waals surface area (Å²) in [5.74, 6) is 0.889. The van der Waals surface area contributed by atoms with Crippen LogP contribution in [0.4, 0.5) is 0 Å². The summed E-state index contributed by atoms with van der Waals surface area (Å²) in [5, 5.41) is 3.25. The first-order valence-corrected chi connectivity index (χ1v) is 9.47. The van der Waals surface area contributed by atoms with E-state index in [1.807, 2.05) is 41.3 Å². The van der Waals surface area contributed by atoms with E-state index < -0.39 is 6.10 Å². The van der Waals surface area contributed by atoms with E-state index >= 15 is 0 Å². The first-order valence-electron chi connectivity index (χ1n) is 9.47.